The third-order valence-electron chi connectivity index (χ3n) is 2.91. The number of hydrogen-bond donors (Lipinski definition) is 2. The first kappa shape index (κ1) is 17.1. The maximum Gasteiger partial charge on any atom is 0.279 e. The molecule has 0 atom stereocenters. The lowest BCUT2D eigenvalue weighted by molar-refractivity contribution is 0.414. The molecule has 1 rings (SSSR count). The van der Waals surface area contributed by atoms with Gasteiger partial charge in [-0.1, -0.05) is 44.2 Å². The van der Waals surface area contributed by atoms with E-state index in [1.807, 2.05) is 37.3 Å². The topological polar surface area (TPSA) is 61.4 Å². The van der Waals surface area contributed by atoms with Crippen molar-refractivity contribution in [1.82, 2.24) is 14.3 Å². The van der Waals surface area contributed by atoms with Crippen molar-refractivity contribution in [1.29, 1.82) is 0 Å². The van der Waals surface area contributed by atoms with Crippen LogP contribution in [0.3, 0.4) is 0 Å². The van der Waals surface area contributed by atoms with Crippen LogP contribution in [0.1, 0.15) is 25.8 Å². The summed E-state index contributed by atoms with van der Waals surface area (Å²) in [4.78, 5) is 0. The van der Waals surface area contributed by atoms with E-state index in [4.69, 9.17) is 0 Å². The number of rotatable bonds is 10. The lowest BCUT2D eigenvalue weighted by Crippen LogP contribution is -2.42. The van der Waals surface area contributed by atoms with Crippen LogP contribution in [0.25, 0.3) is 0 Å². The van der Waals surface area contributed by atoms with E-state index in [0.717, 1.165) is 18.5 Å². The Morgan fingerprint density at radius 3 is 2.35 bits per heavy atom. The lowest BCUT2D eigenvalue weighted by atomic mass is 10.2. The van der Waals surface area contributed by atoms with Gasteiger partial charge in [-0.05, 0) is 18.5 Å². The quantitative estimate of drug-likeness (QED) is 0.641. The van der Waals surface area contributed by atoms with Gasteiger partial charge in [0.2, 0.25) is 0 Å². The van der Waals surface area contributed by atoms with E-state index in [9.17, 15) is 8.42 Å². The fourth-order valence-electron chi connectivity index (χ4n) is 1.82. The summed E-state index contributed by atoms with van der Waals surface area (Å²) in [7, 11) is -3.41. The molecule has 6 heteroatoms. The predicted octanol–water partition coefficient (Wildman–Crippen LogP) is 1.34. The fourth-order valence-corrected chi connectivity index (χ4v) is 3.02. The molecule has 20 heavy (non-hydrogen) atoms. The van der Waals surface area contributed by atoms with Crippen molar-refractivity contribution in [3.8, 4) is 0 Å². The van der Waals surface area contributed by atoms with Crippen LogP contribution >= 0.6 is 0 Å². The van der Waals surface area contributed by atoms with Gasteiger partial charge in [-0.25, -0.2) is 4.72 Å². The van der Waals surface area contributed by atoms with Crippen molar-refractivity contribution in [2.24, 2.45) is 0 Å². The average Bonchev–Trinajstić information content (AvgIpc) is 2.45. The number of nitrogens with zero attached hydrogens (tertiary/aromatic N) is 1. The number of hydrogen-bond acceptors (Lipinski definition) is 3. The van der Waals surface area contributed by atoms with Gasteiger partial charge in [0, 0.05) is 26.2 Å². The predicted molar refractivity (Wildman–Crippen MR) is 82.6 cm³/mol. The lowest BCUT2D eigenvalue weighted by Gasteiger charge is -2.21. The second kappa shape index (κ2) is 9.07. The van der Waals surface area contributed by atoms with Crippen LogP contribution in [0.15, 0.2) is 30.3 Å². The van der Waals surface area contributed by atoms with Crippen LogP contribution in [0.4, 0.5) is 0 Å². The Balaban J connectivity index is 2.50. The van der Waals surface area contributed by atoms with Crippen LogP contribution in [-0.4, -0.2) is 38.9 Å². The molecular weight excluding hydrogens is 274 g/mol. The largest absolute Gasteiger partial charge is 0.315 e. The standard InChI is InChI=1S/C14H25N3O2S/c1-3-10-15-11-12-16-20(18,19)17(4-2)13-14-8-6-5-7-9-14/h5-9,15-16H,3-4,10-13H2,1-2H3. The Morgan fingerprint density at radius 1 is 1.05 bits per heavy atom. The molecule has 0 aliphatic heterocycles. The van der Waals surface area contributed by atoms with Gasteiger partial charge in [0.25, 0.3) is 10.2 Å². The molecule has 1 aromatic rings. The van der Waals surface area contributed by atoms with Crippen LogP contribution in [0.5, 0.6) is 0 Å². The first-order valence-corrected chi connectivity index (χ1v) is 8.53. The second-order valence-electron chi connectivity index (χ2n) is 4.56. The molecule has 114 valence electrons. The molecule has 0 spiro atoms. The minimum absolute atomic E-state index is 0.398. The summed E-state index contributed by atoms with van der Waals surface area (Å²) in [5.74, 6) is 0. The van der Waals surface area contributed by atoms with Crippen LogP contribution in [0, 0.1) is 0 Å². The third-order valence-corrected chi connectivity index (χ3v) is 4.54. The van der Waals surface area contributed by atoms with E-state index in [-0.39, 0.29) is 0 Å². The van der Waals surface area contributed by atoms with Crippen molar-refractivity contribution >= 4 is 10.2 Å². The van der Waals surface area contributed by atoms with Crippen molar-refractivity contribution in [2.45, 2.75) is 26.8 Å². The molecular formula is C14H25N3O2S. The monoisotopic (exact) mass is 299 g/mol. The van der Waals surface area contributed by atoms with Gasteiger partial charge in [0.05, 0.1) is 0 Å². The Morgan fingerprint density at radius 2 is 1.75 bits per heavy atom. The maximum absolute atomic E-state index is 12.2. The van der Waals surface area contributed by atoms with E-state index in [2.05, 4.69) is 17.0 Å². The number of nitrogens with one attached hydrogen (secondary N) is 2. The van der Waals surface area contributed by atoms with Crippen molar-refractivity contribution < 1.29 is 8.42 Å². The van der Waals surface area contributed by atoms with E-state index >= 15 is 0 Å². The van der Waals surface area contributed by atoms with E-state index < -0.39 is 10.2 Å². The summed E-state index contributed by atoms with van der Waals surface area (Å²) in [6, 6.07) is 9.61. The molecule has 1 aromatic carbocycles. The highest BCUT2D eigenvalue weighted by Crippen LogP contribution is 2.07. The van der Waals surface area contributed by atoms with Gasteiger partial charge in [0.15, 0.2) is 0 Å². The van der Waals surface area contributed by atoms with E-state index in [0.29, 0.717) is 26.2 Å². The Labute approximate surface area is 122 Å². The minimum atomic E-state index is -3.41. The summed E-state index contributed by atoms with van der Waals surface area (Å²) >= 11 is 0. The van der Waals surface area contributed by atoms with Crippen molar-refractivity contribution in [2.75, 3.05) is 26.2 Å². The zero-order valence-corrected chi connectivity index (χ0v) is 13.1. The molecule has 0 bridgehead atoms. The SMILES string of the molecule is CCCNCCNS(=O)(=O)N(CC)Cc1ccccc1. The minimum Gasteiger partial charge on any atom is -0.315 e. The summed E-state index contributed by atoms with van der Waals surface area (Å²) in [5, 5.41) is 3.17. The van der Waals surface area contributed by atoms with Gasteiger partial charge in [-0.15, -0.1) is 0 Å². The highest BCUT2D eigenvalue weighted by Gasteiger charge is 2.19. The molecule has 0 heterocycles. The second-order valence-corrected chi connectivity index (χ2v) is 6.32. The molecule has 0 amide bonds. The molecule has 0 aliphatic carbocycles. The molecule has 0 aliphatic rings. The highest BCUT2D eigenvalue weighted by atomic mass is 32.2. The van der Waals surface area contributed by atoms with Gasteiger partial charge in [0.1, 0.15) is 0 Å². The van der Waals surface area contributed by atoms with E-state index in [1.54, 1.807) is 0 Å². The summed E-state index contributed by atoms with van der Waals surface area (Å²) in [6.07, 6.45) is 1.04. The van der Waals surface area contributed by atoms with Crippen molar-refractivity contribution in [3.63, 3.8) is 0 Å². The number of benzene rings is 1. The molecule has 2 N–H and O–H groups in total. The summed E-state index contributed by atoms with van der Waals surface area (Å²) in [6.45, 7) is 6.74. The van der Waals surface area contributed by atoms with E-state index in [1.165, 1.54) is 4.31 Å². The summed E-state index contributed by atoms with van der Waals surface area (Å²) in [5.41, 5.74) is 0.990. The third kappa shape index (κ3) is 6.00. The van der Waals surface area contributed by atoms with Gasteiger partial charge in [-0.3, -0.25) is 0 Å². The first-order chi connectivity index (χ1) is 9.60. The molecule has 0 unspecified atom stereocenters. The molecule has 0 saturated heterocycles. The van der Waals surface area contributed by atoms with Gasteiger partial charge >= 0.3 is 0 Å². The highest BCUT2D eigenvalue weighted by molar-refractivity contribution is 7.87. The van der Waals surface area contributed by atoms with Gasteiger partial charge < -0.3 is 5.32 Å². The summed E-state index contributed by atoms with van der Waals surface area (Å²) < 4.78 is 28.4. The maximum atomic E-state index is 12.2. The fraction of sp³-hybridized carbons (Fsp3) is 0.571. The van der Waals surface area contributed by atoms with Crippen LogP contribution in [0.2, 0.25) is 0 Å². The Bertz CT molecular complexity index is 463. The first-order valence-electron chi connectivity index (χ1n) is 7.09. The molecule has 0 radical (unpaired) electrons. The van der Waals surface area contributed by atoms with Crippen LogP contribution < -0.4 is 10.0 Å². The zero-order chi connectivity index (χ0) is 14.8. The normalized spacial score (nSPS) is 11.9. The molecule has 0 fully saturated rings. The van der Waals surface area contributed by atoms with Crippen molar-refractivity contribution in [3.05, 3.63) is 35.9 Å². The van der Waals surface area contributed by atoms with Crippen LogP contribution in [-0.2, 0) is 16.8 Å². The smallest absolute Gasteiger partial charge is 0.279 e. The van der Waals surface area contributed by atoms with Gasteiger partial charge in [-0.2, -0.15) is 12.7 Å². The molecule has 0 aromatic heterocycles. The molecule has 5 nitrogen and oxygen atoms in total. The zero-order valence-electron chi connectivity index (χ0n) is 12.3. The Kier molecular flexibility index (Phi) is 7.76. The Hall–Kier alpha value is -0.950. The average molecular weight is 299 g/mol. The molecule has 0 saturated carbocycles.